The summed E-state index contributed by atoms with van der Waals surface area (Å²) in [6, 6.07) is 5.05. The zero-order chi connectivity index (χ0) is 19.5. The maximum absolute atomic E-state index is 13.8. The Bertz CT molecular complexity index is 867. The number of amides is 1. The fourth-order valence-electron chi connectivity index (χ4n) is 3.88. The predicted molar refractivity (Wildman–Crippen MR) is 99.2 cm³/mol. The molecule has 1 aliphatic heterocycles. The van der Waals surface area contributed by atoms with E-state index in [2.05, 4.69) is 10.2 Å². The Morgan fingerprint density at radius 3 is 2.68 bits per heavy atom. The number of nitrogens with zero attached hydrogens (tertiary/aromatic N) is 3. The number of aryl methyl sites for hydroxylation is 2. The maximum atomic E-state index is 13.8. The second kappa shape index (κ2) is 8.20. The van der Waals surface area contributed by atoms with Gasteiger partial charge >= 0.3 is 0 Å². The third kappa shape index (κ3) is 4.13. The Morgan fingerprint density at radius 1 is 1.11 bits per heavy atom. The van der Waals surface area contributed by atoms with Crippen LogP contribution < -0.4 is 4.74 Å². The first-order chi connectivity index (χ1) is 13.6. The quantitative estimate of drug-likeness (QED) is 0.805. The molecule has 28 heavy (non-hydrogen) atoms. The SMILES string of the molecule is O=C(c1ccc(F)cc1F)N1CCC(COc2cc3c(nn2)CCCC3)CC1. The van der Waals surface area contributed by atoms with Gasteiger partial charge in [-0.25, -0.2) is 8.78 Å². The number of halogens is 2. The molecule has 0 unspecified atom stereocenters. The number of piperidine rings is 1. The fraction of sp³-hybridized carbons (Fsp3) is 0.476. The van der Waals surface area contributed by atoms with Crippen molar-refractivity contribution < 1.29 is 18.3 Å². The van der Waals surface area contributed by atoms with Gasteiger partial charge in [-0.3, -0.25) is 4.79 Å². The molecule has 1 saturated heterocycles. The molecule has 2 aromatic rings. The number of carbonyl (C=O) groups is 1. The molecule has 2 heterocycles. The first-order valence-electron chi connectivity index (χ1n) is 9.83. The smallest absolute Gasteiger partial charge is 0.256 e. The molecule has 1 aromatic heterocycles. The monoisotopic (exact) mass is 387 g/mol. The van der Waals surface area contributed by atoms with Crippen LogP contribution in [0, 0.1) is 17.6 Å². The molecule has 148 valence electrons. The Morgan fingerprint density at radius 2 is 1.89 bits per heavy atom. The number of hydrogen-bond acceptors (Lipinski definition) is 4. The summed E-state index contributed by atoms with van der Waals surface area (Å²) in [6.07, 6.45) is 5.91. The van der Waals surface area contributed by atoms with Gasteiger partial charge in [0.05, 0.1) is 17.9 Å². The second-order valence-electron chi connectivity index (χ2n) is 7.53. The van der Waals surface area contributed by atoms with Gasteiger partial charge in [-0.05, 0) is 62.1 Å². The topological polar surface area (TPSA) is 55.3 Å². The van der Waals surface area contributed by atoms with Crippen LogP contribution >= 0.6 is 0 Å². The lowest BCUT2D eigenvalue weighted by molar-refractivity contribution is 0.0654. The fourth-order valence-corrected chi connectivity index (χ4v) is 3.88. The molecule has 0 bridgehead atoms. The third-order valence-corrected chi connectivity index (χ3v) is 5.58. The highest BCUT2D eigenvalue weighted by atomic mass is 19.1. The number of ether oxygens (including phenoxy) is 1. The minimum atomic E-state index is -0.818. The van der Waals surface area contributed by atoms with Crippen LogP contribution in [-0.4, -0.2) is 40.7 Å². The van der Waals surface area contributed by atoms with Gasteiger partial charge in [-0.15, -0.1) is 5.10 Å². The summed E-state index contributed by atoms with van der Waals surface area (Å²) in [5, 5.41) is 8.44. The van der Waals surface area contributed by atoms with Gasteiger partial charge in [0.15, 0.2) is 0 Å². The third-order valence-electron chi connectivity index (χ3n) is 5.58. The molecule has 0 radical (unpaired) electrons. The molecule has 5 nitrogen and oxygen atoms in total. The summed E-state index contributed by atoms with van der Waals surface area (Å²) >= 11 is 0. The van der Waals surface area contributed by atoms with E-state index in [0.717, 1.165) is 43.5 Å². The summed E-state index contributed by atoms with van der Waals surface area (Å²) in [4.78, 5) is 14.1. The van der Waals surface area contributed by atoms with E-state index in [1.807, 2.05) is 6.07 Å². The van der Waals surface area contributed by atoms with Gasteiger partial charge in [-0.1, -0.05) is 0 Å². The average Bonchev–Trinajstić information content (AvgIpc) is 2.72. The number of benzene rings is 1. The highest BCUT2D eigenvalue weighted by Crippen LogP contribution is 2.24. The van der Waals surface area contributed by atoms with Gasteiger partial charge < -0.3 is 9.64 Å². The van der Waals surface area contributed by atoms with Crippen molar-refractivity contribution in [2.75, 3.05) is 19.7 Å². The van der Waals surface area contributed by atoms with Crippen molar-refractivity contribution >= 4 is 5.91 Å². The molecule has 7 heteroatoms. The Labute approximate surface area is 162 Å². The van der Waals surface area contributed by atoms with E-state index in [1.165, 1.54) is 24.5 Å². The number of likely N-dealkylation sites (tertiary alicyclic amines) is 1. The number of aromatic nitrogens is 2. The molecule has 0 spiro atoms. The molecule has 1 amide bonds. The molecule has 1 fully saturated rings. The van der Waals surface area contributed by atoms with Gasteiger partial charge in [0, 0.05) is 25.2 Å². The molecule has 0 atom stereocenters. The highest BCUT2D eigenvalue weighted by molar-refractivity contribution is 5.94. The Balaban J connectivity index is 1.29. The number of carbonyl (C=O) groups excluding carboxylic acids is 1. The van der Waals surface area contributed by atoms with Crippen molar-refractivity contribution in [1.82, 2.24) is 15.1 Å². The first kappa shape index (κ1) is 18.8. The lowest BCUT2D eigenvalue weighted by Gasteiger charge is -2.32. The Hall–Kier alpha value is -2.57. The number of hydrogen-bond donors (Lipinski definition) is 0. The maximum Gasteiger partial charge on any atom is 0.256 e. The summed E-state index contributed by atoms with van der Waals surface area (Å²) in [5.41, 5.74) is 2.23. The van der Waals surface area contributed by atoms with Crippen molar-refractivity contribution in [1.29, 1.82) is 0 Å². The van der Waals surface area contributed by atoms with Gasteiger partial charge in [0.25, 0.3) is 5.91 Å². The van der Waals surface area contributed by atoms with E-state index in [9.17, 15) is 13.6 Å². The summed E-state index contributed by atoms with van der Waals surface area (Å²) in [7, 11) is 0. The standard InChI is InChI=1S/C21H23F2N3O2/c22-16-5-6-17(18(23)12-16)21(27)26-9-7-14(8-10-26)13-28-20-11-15-3-1-2-4-19(15)24-25-20/h5-6,11-12,14H,1-4,7-10,13H2. The van der Waals surface area contributed by atoms with Crippen LogP contribution in [0.3, 0.4) is 0 Å². The van der Waals surface area contributed by atoms with E-state index in [-0.39, 0.29) is 5.56 Å². The van der Waals surface area contributed by atoms with Crippen LogP contribution in [0.25, 0.3) is 0 Å². The van der Waals surface area contributed by atoms with Crippen molar-refractivity contribution in [3.05, 3.63) is 52.7 Å². The molecule has 0 N–H and O–H groups in total. The molecule has 2 aliphatic rings. The number of fused-ring (bicyclic) bond motifs is 1. The molecular formula is C21H23F2N3O2. The van der Waals surface area contributed by atoms with Gasteiger partial charge in [-0.2, -0.15) is 5.10 Å². The Kier molecular flexibility index (Phi) is 5.50. The second-order valence-corrected chi connectivity index (χ2v) is 7.53. The van der Waals surface area contributed by atoms with Crippen LogP contribution in [0.15, 0.2) is 24.3 Å². The summed E-state index contributed by atoms with van der Waals surface area (Å²) < 4.78 is 32.7. The minimum Gasteiger partial charge on any atom is -0.476 e. The van der Waals surface area contributed by atoms with Crippen LogP contribution in [-0.2, 0) is 12.8 Å². The average molecular weight is 387 g/mol. The van der Waals surface area contributed by atoms with Crippen molar-refractivity contribution in [3.8, 4) is 5.88 Å². The van der Waals surface area contributed by atoms with E-state index >= 15 is 0 Å². The lowest BCUT2D eigenvalue weighted by atomic mass is 9.96. The van der Waals surface area contributed by atoms with Crippen molar-refractivity contribution in [3.63, 3.8) is 0 Å². The van der Waals surface area contributed by atoms with E-state index < -0.39 is 17.5 Å². The lowest BCUT2D eigenvalue weighted by Crippen LogP contribution is -2.40. The zero-order valence-electron chi connectivity index (χ0n) is 15.7. The summed E-state index contributed by atoms with van der Waals surface area (Å²) in [5.74, 6) is -1.03. The van der Waals surface area contributed by atoms with Crippen LogP contribution in [0.1, 0.15) is 47.3 Å². The minimum absolute atomic E-state index is 0.0829. The van der Waals surface area contributed by atoms with E-state index in [1.54, 1.807) is 4.90 Å². The largest absolute Gasteiger partial charge is 0.476 e. The van der Waals surface area contributed by atoms with Crippen LogP contribution in [0.5, 0.6) is 5.88 Å². The zero-order valence-corrected chi connectivity index (χ0v) is 15.7. The van der Waals surface area contributed by atoms with E-state index in [0.29, 0.717) is 31.5 Å². The normalized spacial score (nSPS) is 17.3. The van der Waals surface area contributed by atoms with E-state index in [4.69, 9.17) is 4.74 Å². The molecule has 1 aliphatic carbocycles. The molecule has 4 rings (SSSR count). The molecular weight excluding hydrogens is 364 g/mol. The first-order valence-corrected chi connectivity index (χ1v) is 9.83. The van der Waals surface area contributed by atoms with Crippen molar-refractivity contribution in [2.45, 2.75) is 38.5 Å². The highest BCUT2D eigenvalue weighted by Gasteiger charge is 2.26. The van der Waals surface area contributed by atoms with Gasteiger partial charge in [0.1, 0.15) is 11.6 Å². The summed E-state index contributed by atoms with van der Waals surface area (Å²) in [6.45, 7) is 1.58. The predicted octanol–water partition coefficient (Wildman–Crippen LogP) is 3.56. The molecule has 0 saturated carbocycles. The van der Waals surface area contributed by atoms with Crippen molar-refractivity contribution in [2.24, 2.45) is 5.92 Å². The number of rotatable bonds is 4. The van der Waals surface area contributed by atoms with Crippen LogP contribution in [0.4, 0.5) is 8.78 Å². The molecule has 1 aromatic carbocycles. The van der Waals surface area contributed by atoms with Crippen LogP contribution in [0.2, 0.25) is 0 Å². The van der Waals surface area contributed by atoms with Gasteiger partial charge in [0.2, 0.25) is 5.88 Å².